The fourth-order valence-corrected chi connectivity index (χ4v) is 3.02. The number of likely N-dealkylation sites (tertiary alicyclic amines) is 1. The Kier molecular flexibility index (Phi) is 4.02. The quantitative estimate of drug-likeness (QED) is 0.607. The maximum atomic E-state index is 11.3. The predicted molar refractivity (Wildman–Crippen MR) is 73.0 cm³/mol. The van der Waals surface area contributed by atoms with Crippen molar-refractivity contribution >= 4 is 11.7 Å². The second-order valence-electron chi connectivity index (χ2n) is 4.97. The molecular formula is C15H22NO2+. The molecule has 1 aromatic rings. The lowest BCUT2D eigenvalue weighted by molar-refractivity contribution is -0.158. The zero-order valence-electron chi connectivity index (χ0n) is 11.3. The topological polar surface area (TPSA) is 26.3 Å². The van der Waals surface area contributed by atoms with Crippen molar-refractivity contribution in [3.8, 4) is 0 Å². The van der Waals surface area contributed by atoms with E-state index in [-0.39, 0.29) is 12.2 Å². The van der Waals surface area contributed by atoms with Crippen LogP contribution in [0.25, 0.3) is 0 Å². The molecule has 0 aliphatic carbocycles. The molecule has 1 aliphatic rings. The number of benzene rings is 1. The molecule has 18 heavy (non-hydrogen) atoms. The average Bonchev–Trinajstić information content (AvgIpc) is 2.40. The number of hydrogen-bond acceptors (Lipinski definition) is 2. The van der Waals surface area contributed by atoms with Crippen LogP contribution in [0.2, 0.25) is 0 Å². The Morgan fingerprint density at radius 1 is 1.33 bits per heavy atom. The van der Waals surface area contributed by atoms with Gasteiger partial charge < -0.3 is 4.74 Å². The van der Waals surface area contributed by atoms with Gasteiger partial charge in [0.1, 0.15) is 5.69 Å². The first-order valence-corrected chi connectivity index (χ1v) is 6.78. The van der Waals surface area contributed by atoms with Gasteiger partial charge in [-0.05, 0) is 31.9 Å². The van der Waals surface area contributed by atoms with Crippen LogP contribution in [0, 0.1) is 0 Å². The Hall–Kier alpha value is -1.35. The average molecular weight is 248 g/mol. The van der Waals surface area contributed by atoms with Crippen LogP contribution in [0.15, 0.2) is 30.3 Å². The van der Waals surface area contributed by atoms with Crippen LogP contribution in [0.4, 0.5) is 5.69 Å². The number of para-hydroxylation sites is 1. The van der Waals surface area contributed by atoms with Crippen molar-refractivity contribution in [3.05, 3.63) is 30.3 Å². The molecule has 1 fully saturated rings. The Morgan fingerprint density at radius 3 is 2.67 bits per heavy atom. The van der Waals surface area contributed by atoms with Gasteiger partial charge in [-0.3, -0.25) is 9.28 Å². The second kappa shape index (κ2) is 5.53. The number of piperidine rings is 1. The molecular weight excluding hydrogens is 226 g/mol. The van der Waals surface area contributed by atoms with E-state index in [1.54, 1.807) is 0 Å². The van der Waals surface area contributed by atoms with Crippen molar-refractivity contribution in [2.24, 2.45) is 0 Å². The molecule has 0 saturated carbocycles. The van der Waals surface area contributed by atoms with Crippen LogP contribution >= 0.6 is 0 Å². The van der Waals surface area contributed by atoms with Crippen LogP contribution in [-0.4, -0.2) is 25.3 Å². The number of rotatable bonds is 3. The minimum Gasteiger partial charge on any atom is -0.412 e. The van der Waals surface area contributed by atoms with Crippen molar-refractivity contribution in [3.63, 3.8) is 0 Å². The van der Waals surface area contributed by atoms with E-state index in [2.05, 4.69) is 31.2 Å². The predicted octanol–water partition coefficient (Wildman–Crippen LogP) is 3.09. The first kappa shape index (κ1) is 13.1. The molecule has 0 bridgehead atoms. The van der Waals surface area contributed by atoms with Crippen LogP contribution in [-0.2, 0) is 9.53 Å². The van der Waals surface area contributed by atoms with E-state index in [0.717, 1.165) is 30.4 Å². The number of quaternary nitrogens is 1. The van der Waals surface area contributed by atoms with Gasteiger partial charge in [-0.2, -0.15) is 0 Å². The lowest BCUT2D eigenvalue weighted by atomic mass is 10.0. The van der Waals surface area contributed by atoms with Gasteiger partial charge in [-0.15, -0.1) is 0 Å². The molecule has 0 radical (unpaired) electrons. The van der Waals surface area contributed by atoms with E-state index in [1.165, 1.54) is 19.0 Å². The molecule has 3 nitrogen and oxygen atoms in total. The van der Waals surface area contributed by atoms with Gasteiger partial charge in [0, 0.05) is 13.3 Å². The third-order valence-corrected chi connectivity index (χ3v) is 3.95. The molecule has 0 N–H and O–H groups in total. The standard InChI is InChI=1S/C15H22NO2/c1-3-16(14-9-5-4-6-10-14)12-8-7-11-15(16)18-13(2)17/h4-6,9-10,15H,3,7-8,11-12H2,1-2H3/q+1. The Morgan fingerprint density at radius 2 is 2.06 bits per heavy atom. The monoisotopic (exact) mass is 248 g/mol. The third-order valence-electron chi connectivity index (χ3n) is 3.95. The summed E-state index contributed by atoms with van der Waals surface area (Å²) in [5, 5.41) is 0. The summed E-state index contributed by atoms with van der Waals surface area (Å²) in [6, 6.07) is 10.4. The Labute approximate surface area is 109 Å². The zero-order valence-corrected chi connectivity index (χ0v) is 11.3. The van der Waals surface area contributed by atoms with Gasteiger partial charge in [-0.25, -0.2) is 0 Å². The van der Waals surface area contributed by atoms with Crippen LogP contribution in [0.3, 0.4) is 0 Å². The molecule has 1 heterocycles. The summed E-state index contributed by atoms with van der Waals surface area (Å²) < 4.78 is 6.36. The number of esters is 1. The van der Waals surface area contributed by atoms with Gasteiger partial charge in [-0.1, -0.05) is 18.2 Å². The summed E-state index contributed by atoms with van der Waals surface area (Å²) in [4.78, 5) is 11.3. The molecule has 0 amide bonds. The molecule has 0 aromatic heterocycles. The zero-order chi connectivity index (χ0) is 13.0. The van der Waals surface area contributed by atoms with Crippen molar-refractivity contribution in [1.29, 1.82) is 0 Å². The normalized spacial score (nSPS) is 27.8. The number of carbonyl (C=O) groups is 1. The van der Waals surface area contributed by atoms with Crippen molar-refractivity contribution in [2.75, 3.05) is 13.1 Å². The van der Waals surface area contributed by atoms with Crippen molar-refractivity contribution < 1.29 is 9.53 Å². The summed E-state index contributed by atoms with van der Waals surface area (Å²) in [6.45, 7) is 5.69. The fraction of sp³-hybridized carbons (Fsp3) is 0.533. The van der Waals surface area contributed by atoms with E-state index >= 15 is 0 Å². The highest BCUT2D eigenvalue weighted by molar-refractivity contribution is 5.66. The summed E-state index contributed by atoms with van der Waals surface area (Å²) >= 11 is 0. The van der Waals surface area contributed by atoms with Crippen molar-refractivity contribution in [2.45, 2.75) is 39.3 Å². The molecule has 1 aliphatic heterocycles. The lowest BCUT2D eigenvalue weighted by Crippen LogP contribution is -2.60. The molecule has 0 spiro atoms. The van der Waals surface area contributed by atoms with E-state index in [1.807, 2.05) is 6.07 Å². The maximum absolute atomic E-state index is 11.3. The summed E-state index contributed by atoms with van der Waals surface area (Å²) in [6.07, 6.45) is 3.27. The first-order chi connectivity index (χ1) is 8.69. The minimum atomic E-state index is -0.172. The van der Waals surface area contributed by atoms with Gasteiger partial charge in [0.05, 0.1) is 13.1 Å². The van der Waals surface area contributed by atoms with Gasteiger partial charge in [0.25, 0.3) is 0 Å². The van der Waals surface area contributed by atoms with E-state index in [0.29, 0.717) is 0 Å². The molecule has 1 saturated heterocycles. The maximum Gasteiger partial charge on any atom is 0.307 e. The van der Waals surface area contributed by atoms with E-state index in [4.69, 9.17) is 4.74 Å². The van der Waals surface area contributed by atoms with Gasteiger partial charge >= 0.3 is 5.97 Å². The Bertz CT molecular complexity index is 404. The number of ether oxygens (including phenoxy) is 1. The summed E-state index contributed by atoms with van der Waals surface area (Å²) in [5.74, 6) is -0.172. The van der Waals surface area contributed by atoms with Crippen LogP contribution < -0.4 is 4.48 Å². The van der Waals surface area contributed by atoms with Crippen molar-refractivity contribution in [1.82, 2.24) is 4.48 Å². The largest absolute Gasteiger partial charge is 0.412 e. The number of hydrogen-bond donors (Lipinski definition) is 0. The lowest BCUT2D eigenvalue weighted by Gasteiger charge is -2.45. The molecule has 2 rings (SSSR count). The first-order valence-electron chi connectivity index (χ1n) is 6.78. The highest BCUT2D eigenvalue weighted by Crippen LogP contribution is 2.33. The SMILES string of the molecule is CC[N+]1(c2ccccc2)CCCCC1OC(C)=O. The molecule has 98 valence electrons. The van der Waals surface area contributed by atoms with E-state index < -0.39 is 0 Å². The molecule has 2 atom stereocenters. The molecule has 1 aromatic carbocycles. The highest BCUT2D eigenvalue weighted by atomic mass is 16.6. The number of carbonyl (C=O) groups excluding carboxylic acids is 1. The van der Waals surface area contributed by atoms with E-state index in [9.17, 15) is 4.79 Å². The van der Waals surface area contributed by atoms with Crippen LogP contribution in [0.5, 0.6) is 0 Å². The molecule has 2 unspecified atom stereocenters. The second-order valence-corrected chi connectivity index (χ2v) is 4.97. The minimum absolute atomic E-state index is 0.0244. The summed E-state index contributed by atoms with van der Waals surface area (Å²) in [7, 11) is 0. The smallest absolute Gasteiger partial charge is 0.307 e. The van der Waals surface area contributed by atoms with Gasteiger partial charge in [0.15, 0.2) is 0 Å². The third kappa shape index (κ3) is 2.41. The van der Waals surface area contributed by atoms with Gasteiger partial charge in [0.2, 0.25) is 6.23 Å². The molecule has 3 heteroatoms. The number of nitrogens with zero attached hydrogens (tertiary/aromatic N) is 1. The highest BCUT2D eigenvalue weighted by Gasteiger charge is 2.42. The Balaban J connectivity index is 2.35. The fourth-order valence-electron chi connectivity index (χ4n) is 3.02. The summed E-state index contributed by atoms with van der Waals surface area (Å²) in [5.41, 5.74) is 1.26. The van der Waals surface area contributed by atoms with Crippen LogP contribution in [0.1, 0.15) is 33.1 Å².